The molecule has 0 radical (unpaired) electrons. The summed E-state index contributed by atoms with van der Waals surface area (Å²) in [6.45, 7) is 2.61. The molecule has 0 saturated carbocycles. The van der Waals surface area contributed by atoms with Crippen LogP contribution in [0.25, 0.3) is 0 Å². The molecule has 1 heterocycles. The molecule has 1 rings (SSSR count). The quantitative estimate of drug-likeness (QED) is 0.747. The highest BCUT2D eigenvalue weighted by molar-refractivity contribution is 5.81. The van der Waals surface area contributed by atoms with Gasteiger partial charge in [-0.05, 0) is 19.1 Å². The van der Waals surface area contributed by atoms with E-state index in [0.717, 1.165) is 0 Å². The molecule has 1 aromatic heterocycles. The van der Waals surface area contributed by atoms with E-state index in [2.05, 4.69) is 10.6 Å². The number of furan rings is 1. The Morgan fingerprint density at radius 3 is 2.74 bits per heavy atom. The number of carbonyl (C=O) groups is 2. The Morgan fingerprint density at radius 2 is 2.16 bits per heavy atom. The van der Waals surface area contributed by atoms with Crippen LogP contribution >= 0.6 is 0 Å². The topological polar surface area (TPSA) is 74.6 Å². The molecule has 2 N–H and O–H groups in total. The minimum absolute atomic E-state index is 0.0377. The van der Waals surface area contributed by atoms with Gasteiger partial charge in [-0.2, -0.15) is 0 Å². The zero-order valence-electron chi connectivity index (χ0n) is 11.6. The van der Waals surface area contributed by atoms with E-state index in [4.69, 9.17) is 4.42 Å². The van der Waals surface area contributed by atoms with Crippen LogP contribution in [0.2, 0.25) is 0 Å². The van der Waals surface area contributed by atoms with E-state index in [1.807, 2.05) is 0 Å². The summed E-state index contributed by atoms with van der Waals surface area (Å²) in [5.41, 5.74) is 0. The van der Waals surface area contributed by atoms with Crippen LogP contribution in [0.15, 0.2) is 22.8 Å². The van der Waals surface area contributed by atoms with Crippen LogP contribution in [0.4, 0.5) is 0 Å². The van der Waals surface area contributed by atoms with Crippen molar-refractivity contribution in [2.45, 2.75) is 25.9 Å². The summed E-state index contributed by atoms with van der Waals surface area (Å²) in [5, 5.41) is 5.76. The molecular formula is C13H21N3O3. The molecule has 0 spiro atoms. The van der Waals surface area contributed by atoms with E-state index in [1.165, 1.54) is 4.90 Å². The Hall–Kier alpha value is -1.82. The van der Waals surface area contributed by atoms with Crippen LogP contribution in [0, 0.1) is 0 Å². The predicted molar refractivity (Wildman–Crippen MR) is 71.3 cm³/mol. The van der Waals surface area contributed by atoms with Gasteiger partial charge in [0.25, 0.3) is 0 Å². The minimum Gasteiger partial charge on any atom is -0.467 e. The first-order chi connectivity index (χ1) is 9.00. The van der Waals surface area contributed by atoms with Gasteiger partial charge in [0.2, 0.25) is 11.8 Å². The zero-order chi connectivity index (χ0) is 14.3. The van der Waals surface area contributed by atoms with Crippen LogP contribution in [0.1, 0.15) is 19.1 Å². The molecule has 1 atom stereocenters. The predicted octanol–water partition coefficient (Wildman–Crippen LogP) is 0.352. The molecule has 2 amide bonds. The summed E-state index contributed by atoms with van der Waals surface area (Å²) in [7, 11) is 3.42. The lowest BCUT2D eigenvalue weighted by atomic mass is 10.3. The molecular weight excluding hydrogens is 246 g/mol. The molecule has 6 heteroatoms. The maximum Gasteiger partial charge on any atom is 0.237 e. The first kappa shape index (κ1) is 15.2. The molecule has 0 aliphatic carbocycles. The first-order valence-corrected chi connectivity index (χ1v) is 6.24. The van der Waals surface area contributed by atoms with E-state index in [1.54, 1.807) is 39.4 Å². The van der Waals surface area contributed by atoms with Crippen LogP contribution in [0.3, 0.4) is 0 Å². The molecule has 0 bridgehead atoms. The Bertz CT molecular complexity index is 401. The third kappa shape index (κ3) is 5.56. The van der Waals surface area contributed by atoms with Crippen molar-refractivity contribution >= 4 is 11.8 Å². The Balaban J connectivity index is 2.19. The van der Waals surface area contributed by atoms with E-state index in [-0.39, 0.29) is 17.9 Å². The van der Waals surface area contributed by atoms with Gasteiger partial charge in [-0.1, -0.05) is 0 Å². The normalized spacial score (nSPS) is 11.9. The van der Waals surface area contributed by atoms with Crippen molar-refractivity contribution in [3.8, 4) is 0 Å². The van der Waals surface area contributed by atoms with Crippen LogP contribution < -0.4 is 10.6 Å². The summed E-state index contributed by atoms with van der Waals surface area (Å²) in [6.07, 6.45) is 1.94. The second kappa shape index (κ2) is 7.58. The third-order valence-electron chi connectivity index (χ3n) is 2.70. The van der Waals surface area contributed by atoms with Gasteiger partial charge in [-0.25, -0.2) is 0 Å². The number of hydrogen-bond donors (Lipinski definition) is 2. The number of carbonyl (C=O) groups excluding carboxylic acids is 2. The van der Waals surface area contributed by atoms with Crippen molar-refractivity contribution in [1.82, 2.24) is 15.5 Å². The summed E-state index contributed by atoms with van der Waals surface area (Å²) in [4.78, 5) is 24.6. The van der Waals surface area contributed by atoms with E-state index >= 15 is 0 Å². The van der Waals surface area contributed by atoms with Gasteiger partial charge in [0, 0.05) is 27.1 Å². The van der Waals surface area contributed by atoms with Crippen molar-refractivity contribution in [3.05, 3.63) is 24.2 Å². The van der Waals surface area contributed by atoms with E-state index in [9.17, 15) is 9.59 Å². The summed E-state index contributed by atoms with van der Waals surface area (Å²) in [5.74, 6) is 0.632. The van der Waals surface area contributed by atoms with Gasteiger partial charge >= 0.3 is 0 Å². The second-order valence-corrected chi connectivity index (χ2v) is 4.51. The highest BCUT2D eigenvalue weighted by Crippen LogP contribution is 1.98. The fourth-order valence-electron chi connectivity index (χ4n) is 1.45. The van der Waals surface area contributed by atoms with Gasteiger partial charge < -0.3 is 20.0 Å². The Morgan fingerprint density at radius 1 is 1.42 bits per heavy atom. The zero-order valence-corrected chi connectivity index (χ0v) is 11.6. The van der Waals surface area contributed by atoms with Gasteiger partial charge in [0.05, 0.1) is 18.8 Å². The highest BCUT2D eigenvalue weighted by atomic mass is 16.3. The average molecular weight is 267 g/mol. The second-order valence-electron chi connectivity index (χ2n) is 4.51. The van der Waals surface area contributed by atoms with E-state index < -0.39 is 0 Å². The summed E-state index contributed by atoms with van der Waals surface area (Å²) in [6, 6.07) is 3.23. The average Bonchev–Trinajstić information content (AvgIpc) is 2.88. The molecule has 0 saturated heterocycles. The molecule has 0 fully saturated rings. The lowest BCUT2D eigenvalue weighted by molar-refractivity contribution is -0.129. The minimum atomic E-state index is -0.343. The van der Waals surface area contributed by atoms with Crippen LogP contribution in [-0.2, 0) is 16.1 Å². The van der Waals surface area contributed by atoms with Crippen LogP contribution in [-0.4, -0.2) is 43.4 Å². The number of rotatable bonds is 7. The Labute approximate surface area is 113 Å². The van der Waals surface area contributed by atoms with Gasteiger partial charge in [0.1, 0.15) is 5.76 Å². The first-order valence-electron chi connectivity index (χ1n) is 6.24. The standard InChI is InChI=1S/C13H21N3O3/c1-10(14-7-6-12(17)16(2)3)13(18)15-9-11-5-4-8-19-11/h4-5,8,10,14H,6-7,9H2,1-3H3,(H,15,18). The SMILES string of the molecule is CC(NCCC(=O)N(C)C)C(=O)NCc1ccco1. The molecule has 106 valence electrons. The monoisotopic (exact) mass is 267 g/mol. The summed E-state index contributed by atoms with van der Waals surface area (Å²) < 4.78 is 5.12. The fourth-order valence-corrected chi connectivity index (χ4v) is 1.45. The third-order valence-corrected chi connectivity index (χ3v) is 2.70. The largest absolute Gasteiger partial charge is 0.467 e. The molecule has 0 aliphatic rings. The molecule has 19 heavy (non-hydrogen) atoms. The lowest BCUT2D eigenvalue weighted by Crippen LogP contribution is -2.43. The van der Waals surface area contributed by atoms with E-state index in [0.29, 0.717) is 25.3 Å². The summed E-state index contributed by atoms with van der Waals surface area (Å²) >= 11 is 0. The molecule has 6 nitrogen and oxygen atoms in total. The number of amides is 2. The number of hydrogen-bond acceptors (Lipinski definition) is 4. The van der Waals surface area contributed by atoms with Gasteiger partial charge in [-0.15, -0.1) is 0 Å². The smallest absolute Gasteiger partial charge is 0.237 e. The van der Waals surface area contributed by atoms with Crippen molar-refractivity contribution in [1.29, 1.82) is 0 Å². The fraction of sp³-hybridized carbons (Fsp3) is 0.538. The molecule has 1 aromatic rings. The Kier molecular flexibility index (Phi) is 6.08. The van der Waals surface area contributed by atoms with Crippen molar-refractivity contribution in [2.75, 3.05) is 20.6 Å². The van der Waals surface area contributed by atoms with Crippen molar-refractivity contribution in [2.24, 2.45) is 0 Å². The molecule has 1 unspecified atom stereocenters. The van der Waals surface area contributed by atoms with Crippen molar-refractivity contribution < 1.29 is 14.0 Å². The molecule has 0 aromatic carbocycles. The van der Waals surface area contributed by atoms with Crippen molar-refractivity contribution in [3.63, 3.8) is 0 Å². The van der Waals surface area contributed by atoms with Gasteiger partial charge in [0.15, 0.2) is 0 Å². The maximum atomic E-state index is 11.7. The van der Waals surface area contributed by atoms with Gasteiger partial charge in [-0.3, -0.25) is 9.59 Å². The number of nitrogens with zero attached hydrogens (tertiary/aromatic N) is 1. The highest BCUT2D eigenvalue weighted by Gasteiger charge is 2.13. The van der Waals surface area contributed by atoms with Crippen LogP contribution in [0.5, 0.6) is 0 Å². The number of nitrogens with one attached hydrogen (secondary N) is 2. The molecule has 0 aliphatic heterocycles. The lowest BCUT2D eigenvalue weighted by Gasteiger charge is -2.14. The maximum absolute atomic E-state index is 11.7.